The van der Waals surface area contributed by atoms with E-state index in [4.69, 9.17) is 5.11 Å². The Kier molecular flexibility index (Phi) is 3.46. The van der Waals surface area contributed by atoms with Crippen molar-refractivity contribution in [2.45, 2.75) is 6.54 Å². The van der Waals surface area contributed by atoms with Crippen molar-refractivity contribution in [3.63, 3.8) is 0 Å². The second-order valence-electron chi connectivity index (χ2n) is 4.49. The SMILES string of the molecule is O=C(O)c1ccc2c(NCCn3ccnc3)ncnc2c1. The molecule has 0 atom stereocenters. The van der Waals surface area contributed by atoms with Crippen molar-refractivity contribution in [3.8, 4) is 0 Å². The van der Waals surface area contributed by atoms with E-state index in [1.807, 2.05) is 10.8 Å². The number of rotatable bonds is 5. The summed E-state index contributed by atoms with van der Waals surface area (Å²) in [5.41, 5.74) is 0.820. The number of carboxylic acids is 1. The third-order valence-electron chi connectivity index (χ3n) is 3.11. The molecule has 0 aliphatic rings. The second-order valence-corrected chi connectivity index (χ2v) is 4.49. The summed E-state index contributed by atoms with van der Waals surface area (Å²) in [6.45, 7) is 1.45. The third kappa shape index (κ3) is 2.81. The lowest BCUT2D eigenvalue weighted by Gasteiger charge is -2.09. The summed E-state index contributed by atoms with van der Waals surface area (Å²) in [5.74, 6) is -0.276. The lowest BCUT2D eigenvalue weighted by Crippen LogP contribution is -2.10. The van der Waals surface area contributed by atoms with Crippen molar-refractivity contribution < 1.29 is 9.90 Å². The van der Waals surface area contributed by atoms with Crippen LogP contribution in [0, 0.1) is 0 Å². The molecule has 0 fully saturated rings. The zero-order valence-electron chi connectivity index (χ0n) is 11.1. The maximum Gasteiger partial charge on any atom is 0.335 e. The van der Waals surface area contributed by atoms with Crippen LogP contribution < -0.4 is 5.32 Å². The van der Waals surface area contributed by atoms with Gasteiger partial charge in [-0.3, -0.25) is 0 Å². The Bertz CT molecular complexity index is 770. The molecule has 0 aliphatic carbocycles. The van der Waals surface area contributed by atoms with E-state index in [1.54, 1.807) is 30.7 Å². The van der Waals surface area contributed by atoms with Crippen LogP contribution in [0.3, 0.4) is 0 Å². The highest BCUT2D eigenvalue weighted by Crippen LogP contribution is 2.20. The lowest BCUT2D eigenvalue weighted by atomic mass is 10.1. The molecule has 7 nitrogen and oxygen atoms in total. The maximum atomic E-state index is 11.0. The maximum absolute atomic E-state index is 11.0. The van der Waals surface area contributed by atoms with Gasteiger partial charge in [0.15, 0.2) is 0 Å². The predicted octanol–water partition coefficient (Wildman–Crippen LogP) is 1.64. The quantitative estimate of drug-likeness (QED) is 0.739. The summed E-state index contributed by atoms with van der Waals surface area (Å²) in [4.78, 5) is 23.3. The van der Waals surface area contributed by atoms with Gasteiger partial charge in [0.1, 0.15) is 12.1 Å². The molecule has 7 heteroatoms. The minimum absolute atomic E-state index is 0.213. The number of aromatic nitrogens is 4. The Balaban J connectivity index is 1.80. The van der Waals surface area contributed by atoms with E-state index in [0.717, 1.165) is 11.9 Å². The number of aromatic carboxylic acids is 1. The fraction of sp³-hybridized carbons (Fsp3) is 0.143. The van der Waals surface area contributed by atoms with E-state index < -0.39 is 5.97 Å². The van der Waals surface area contributed by atoms with Crippen molar-refractivity contribution in [2.75, 3.05) is 11.9 Å². The molecule has 1 aromatic carbocycles. The van der Waals surface area contributed by atoms with E-state index in [1.165, 1.54) is 6.33 Å². The highest BCUT2D eigenvalue weighted by atomic mass is 16.4. The Morgan fingerprint density at radius 3 is 3.00 bits per heavy atom. The number of imidazole rings is 1. The first kappa shape index (κ1) is 13.0. The van der Waals surface area contributed by atoms with Crippen molar-refractivity contribution >= 4 is 22.7 Å². The van der Waals surface area contributed by atoms with Crippen LogP contribution in [0.1, 0.15) is 10.4 Å². The van der Waals surface area contributed by atoms with Crippen LogP contribution in [-0.2, 0) is 6.54 Å². The van der Waals surface area contributed by atoms with E-state index in [9.17, 15) is 4.79 Å². The molecule has 3 aromatic rings. The second kappa shape index (κ2) is 5.58. The number of nitrogens with zero attached hydrogens (tertiary/aromatic N) is 4. The molecule has 0 radical (unpaired) electrons. The zero-order valence-corrected chi connectivity index (χ0v) is 11.1. The van der Waals surface area contributed by atoms with Gasteiger partial charge in [-0.1, -0.05) is 0 Å². The first-order chi connectivity index (χ1) is 10.2. The van der Waals surface area contributed by atoms with Crippen LogP contribution in [0.15, 0.2) is 43.2 Å². The van der Waals surface area contributed by atoms with Crippen LogP contribution >= 0.6 is 0 Å². The van der Waals surface area contributed by atoms with Gasteiger partial charge in [-0.15, -0.1) is 0 Å². The molecule has 0 unspecified atom stereocenters. The number of nitrogens with one attached hydrogen (secondary N) is 1. The van der Waals surface area contributed by atoms with Crippen molar-refractivity contribution in [2.24, 2.45) is 0 Å². The number of hydrogen-bond acceptors (Lipinski definition) is 5. The van der Waals surface area contributed by atoms with Crippen molar-refractivity contribution in [1.29, 1.82) is 0 Å². The average molecular weight is 283 g/mol. The first-order valence-electron chi connectivity index (χ1n) is 6.42. The normalized spacial score (nSPS) is 10.7. The van der Waals surface area contributed by atoms with Gasteiger partial charge >= 0.3 is 5.97 Å². The van der Waals surface area contributed by atoms with E-state index >= 15 is 0 Å². The molecule has 0 amide bonds. The molecule has 2 aromatic heterocycles. The van der Waals surface area contributed by atoms with Gasteiger partial charge in [0.25, 0.3) is 0 Å². The Morgan fingerprint density at radius 1 is 1.33 bits per heavy atom. The molecule has 106 valence electrons. The van der Waals surface area contributed by atoms with Gasteiger partial charge in [-0.25, -0.2) is 19.7 Å². The monoisotopic (exact) mass is 283 g/mol. The van der Waals surface area contributed by atoms with E-state index in [0.29, 0.717) is 17.9 Å². The summed E-state index contributed by atoms with van der Waals surface area (Å²) in [6, 6.07) is 4.81. The topological polar surface area (TPSA) is 92.9 Å². The number of benzene rings is 1. The van der Waals surface area contributed by atoms with Gasteiger partial charge in [-0.2, -0.15) is 0 Å². The number of fused-ring (bicyclic) bond motifs is 1. The third-order valence-corrected chi connectivity index (χ3v) is 3.11. The summed E-state index contributed by atoms with van der Waals surface area (Å²) >= 11 is 0. The summed E-state index contributed by atoms with van der Waals surface area (Å²) < 4.78 is 1.96. The minimum atomic E-state index is -0.967. The van der Waals surface area contributed by atoms with Crippen molar-refractivity contribution in [1.82, 2.24) is 19.5 Å². The molecule has 21 heavy (non-hydrogen) atoms. The largest absolute Gasteiger partial charge is 0.478 e. The summed E-state index contributed by atoms with van der Waals surface area (Å²) in [5, 5.41) is 13.0. The number of carboxylic acid groups (broad SMARTS) is 1. The molecule has 0 bridgehead atoms. The first-order valence-corrected chi connectivity index (χ1v) is 6.42. The molecular weight excluding hydrogens is 270 g/mol. The van der Waals surface area contributed by atoms with Crippen LogP contribution in [0.4, 0.5) is 5.82 Å². The average Bonchev–Trinajstić information content (AvgIpc) is 3.00. The van der Waals surface area contributed by atoms with Gasteiger partial charge in [0.2, 0.25) is 0 Å². The Morgan fingerprint density at radius 2 is 2.24 bits per heavy atom. The van der Waals surface area contributed by atoms with Crippen LogP contribution in [0.5, 0.6) is 0 Å². The highest BCUT2D eigenvalue weighted by molar-refractivity contribution is 5.96. The molecule has 0 aliphatic heterocycles. The lowest BCUT2D eigenvalue weighted by molar-refractivity contribution is 0.0697. The molecule has 0 saturated carbocycles. The molecule has 2 N–H and O–H groups in total. The number of anilines is 1. The molecule has 0 saturated heterocycles. The smallest absolute Gasteiger partial charge is 0.335 e. The summed E-state index contributed by atoms with van der Waals surface area (Å²) in [7, 11) is 0. The summed E-state index contributed by atoms with van der Waals surface area (Å²) in [6.07, 6.45) is 6.79. The fourth-order valence-electron chi connectivity index (χ4n) is 2.05. The van der Waals surface area contributed by atoms with E-state index in [-0.39, 0.29) is 5.56 Å². The molecule has 3 rings (SSSR count). The Labute approximate surface area is 120 Å². The van der Waals surface area contributed by atoms with Gasteiger partial charge < -0.3 is 15.0 Å². The Hall–Kier alpha value is -2.96. The number of carbonyl (C=O) groups is 1. The van der Waals surface area contributed by atoms with Crippen molar-refractivity contribution in [3.05, 3.63) is 48.8 Å². The highest BCUT2D eigenvalue weighted by Gasteiger charge is 2.07. The van der Waals surface area contributed by atoms with Gasteiger partial charge in [0, 0.05) is 30.9 Å². The fourth-order valence-corrected chi connectivity index (χ4v) is 2.05. The predicted molar refractivity (Wildman–Crippen MR) is 77.2 cm³/mol. The van der Waals surface area contributed by atoms with E-state index in [2.05, 4.69) is 20.3 Å². The standard InChI is InChI=1S/C14H13N5O2/c20-14(21)10-1-2-11-12(7-10)17-8-18-13(11)16-4-6-19-5-3-15-9-19/h1-3,5,7-9H,4,6H2,(H,20,21)(H,16,17,18). The van der Waals surface area contributed by atoms with Crippen LogP contribution in [-0.4, -0.2) is 37.1 Å². The van der Waals surface area contributed by atoms with Crippen LogP contribution in [0.2, 0.25) is 0 Å². The molecular formula is C14H13N5O2. The zero-order chi connectivity index (χ0) is 14.7. The van der Waals surface area contributed by atoms with Crippen LogP contribution in [0.25, 0.3) is 10.9 Å². The minimum Gasteiger partial charge on any atom is -0.478 e. The number of hydrogen-bond donors (Lipinski definition) is 2. The molecule has 0 spiro atoms. The molecule has 2 heterocycles. The van der Waals surface area contributed by atoms with Gasteiger partial charge in [0.05, 0.1) is 17.4 Å². The van der Waals surface area contributed by atoms with Gasteiger partial charge in [-0.05, 0) is 18.2 Å².